The number of nitrogens with one attached hydrogen (secondary N) is 1. The molecule has 0 bridgehead atoms. The number of rotatable bonds is 6. The van der Waals surface area contributed by atoms with Gasteiger partial charge in [0, 0.05) is 24.3 Å². The third-order valence-corrected chi connectivity index (χ3v) is 3.68. The molecule has 0 fully saturated rings. The Morgan fingerprint density at radius 3 is 2.81 bits per heavy atom. The van der Waals surface area contributed by atoms with Crippen molar-refractivity contribution in [1.29, 1.82) is 0 Å². The second-order valence-electron chi connectivity index (χ2n) is 4.27. The van der Waals surface area contributed by atoms with Gasteiger partial charge in [0.2, 0.25) is 5.76 Å². The van der Waals surface area contributed by atoms with Crippen LogP contribution in [0.3, 0.4) is 0 Å². The van der Waals surface area contributed by atoms with Gasteiger partial charge >= 0.3 is 5.97 Å². The molecule has 0 unspecified atom stereocenters. The minimum absolute atomic E-state index is 0.109. The number of aliphatic hydroxyl groups excluding tert-OH is 1. The van der Waals surface area contributed by atoms with Gasteiger partial charge in [-0.15, -0.1) is 0 Å². The zero-order valence-corrected chi connectivity index (χ0v) is 12.1. The summed E-state index contributed by atoms with van der Waals surface area (Å²) in [6, 6.07) is 2.95. The molecule has 8 heteroatoms. The molecule has 7 nitrogen and oxygen atoms in total. The molecule has 21 heavy (non-hydrogen) atoms. The fourth-order valence-corrected chi connectivity index (χ4v) is 2.57. The van der Waals surface area contributed by atoms with Crippen LogP contribution in [0.5, 0.6) is 0 Å². The summed E-state index contributed by atoms with van der Waals surface area (Å²) >= 11 is 1.24. The summed E-state index contributed by atoms with van der Waals surface area (Å²) in [6.45, 7) is 1.60. The van der Waals surface area contributed by atoms with Crippen molar-refractivity contribution in [3.8, 4) is 0 Å². The van der Waals surface area contributed by atoms with Crippen molar-refractivity contribution >= 4 is 17.7 Å². The van der Waals surface area contributed by atoms with E-state index in [1.165, 1.54) is 17.8 Å². The molecule has 0 aliphatic carbocycles. The first-order chi connectivity index (χ1) is 10.0. The number of carboxylic acid groups (broad SMARTS) is 1. The number of aromatic nitrogens is 2. The molecule has 0 saturated heterocycles. The molecule has 2 heterocycles. The van der Waals surface area contributed by atoms with Crippen LogP contribution in [-0.4, -0.2) is 32.8 Å². The van der Waals surface area contributed by atoms with Gasteiger partial charge in [0.25, 0.3) is 5.56 Å². The molecule has 0 aliphatic rings. The molecule has 2 rings (SSSR count). The minimum Gasteiger partial charge on any atom is -0.475 e. The van der Waals surface area contributed by atoms with Crippen molar-refractivity contribution in [1.82, 2.24) is 9.97 Å². The van der Waals surface area contributed by atoms with Crippen LogP contribution in [-0.2, 0) is 12.2 Å². The molecule has 112 valence electrons. The Bertz CT molecular complexity index is 707. The Morgan fingerprint density at radius 1 is 1.48 bits per heavy atom. The maximum Gasteiger partial charge on any atom is 0.371 e. The zero-order chi connectivity index (χ0) is 15.4. The van der Waals surface area contributed by atoms with E-state index in [0.717, 1.165) is 0 Å². The standard InChI is InChI=1S/C13H14N2O5S/c1-7-9(4-5-16)11(17)15-13(14-7)21-6-8-2-3-10(20-8)12(18)19/h2-3,16H,4-6H2,1H3,(H,18,19)(H,14,15,17). The summed E-state index contributed by atoms with van der Waals surface area (Å²) in [5.74, 6) is -0.407. The average molecular weight is 310 g/mol. The van der Waals surface area contributed by atoms with E-state index in [2.05, 4.69) is 9.97 Å². The van der Waals surface area contributed by atoms with Crippen LogP contribution in [0, 0.1) is 6.92 Å². The molecule has 0 atom stereocenters. The normalized spacial score (nSPS) is 10.8. The van der Waals surface area contributed by atoms with E-state index in [1.54, 1.807) is 13.0 Å². The SMILES string of the molecule is Cc1nc(SCc2ccc(C(=O)O)o2)[nH]c(=O)c1CCO. The van der Waals surface area contributed by atoms with E-state index in [1.807, 2.05) is 0 Å². The van der Waals surface area contributed by atoms with Crippen molar-refractivity contribution in [2.45, 2.75) is 24.3 Å². The molecule has 0 amide bonds. The highest BCUT2D eigenvalue weighted by atomic mass is 32.2. The van der Waals surface area contributed by atoms with Crippen molar-refractivity contribution in [3.05, 3.63) is 45.3 Å². The van der Waals surface area contributed by atoms with Gasteiger partial charge in [0.05, 0.1) is 5.75 Å². The largest absolute Gasteiger partial charge is 0.475 e. The van der Waals surface area contributed by atoms with Crippen molar-refractivity contribution in [3.63, 3.8) is 0 Å². The van der Waals surface area contributed by atoms with Gasteiger partial charge in [-0.1, -0.05) is 11.8 Å². The number of furan rings is 1. The number of carbonyl (C=O) groups is 1. The lowest BCUT2D eigenvalue weighted by molar-refractivity contribution is 0.0661. The minimum atomic E-state index is -1.12. The Balaban J connectivity index is 2.09. The number of nitrogens with zero attached hydrogens (tertiary/aromatic N) is 1. The van der Waals surface area contributed by atoms with Crippen LogP contribution >= 0.6 is 11.8 Å². The zero-order valence-electron chi connectivity index (χ0n) is 11.3. The third kappa shape index (κ3) is 3.73. The molecule has 0 spiro atoms. The smallest absolute Gasteiger partial charge is 0.371 e. The van der Waals surface area contributed by atoms with E-state index in [-0.39, 0.29) is 24.3 Å². The second kappa shape index (κ2) is 6.59. The summed E-state index contributed by atoms with van der Waals surface area (Å²) in [7, 11) is 0. The quantitative estimate of drug-likeness (QED) is 0.542. The lowest BCUT2D eigenvalue weighted by Crippen LogP contribution is -2.18. The summed E-state index contributed by atoms with van der Waals surface area (Å²) in [6.07, 6.45) is 0.263. The lowest BCUT2D eigenvalue weighted by atomic mass is 10.2. The molecule has 2 aromatic heterocycles. The van der Waals surface area contributed by atoms with Crippen LogP contribution in [0.1, 0.15) is 27.6 Å². The number of H-pyrrole nitrogens is 1. The van der Waals surface area contributed by atoms with E-state index in [4.69, 9.17) is 14.6 Å². The average Bonchev–Trinajstić information content (AvgIpc) is 2.89. The summed E-state index contributed by atoms with van der Waals surface area (Å²) in [5, 5.41) is 18.1. The molecular formula is C13H14N2O5S. The number of thioether (sulfide) groups is 1. The number of aliphatic hydroxyl groups is 1. The van der Waals surface area contributed by atoms with E-state index >= 15 is 0 Å². The van der Waals surface area contributed by atoms with Gasteiger partial charge in [0.1, 0.15) is 5.76 Å². The molecule has 2 aromatic rings. The van der Waals surface area contributed by atoms with Gasteiger partial charge in [-0.2, -0.15) is 0 Å². The first-order valence-electron chi connectivity index (χ1n) is 6.16. The van der Waals surface area contributed by atoms with Crippen LogP contribution in [0.15, 0.2) is 26.5 Å². The maximum absolute atomic E-state index is 11.8. The van der Waals surface area contributed by atoms with Crippen LogP contribution in [0.2, 0.25) is 0 Å². The second-order valence-corrected chi connectivity index (χ2v) is 5.23. The first-order valence-corrected chi connectivity index (χ1v) is 7.15. The summed E-state index contributed by atoms with van der Waals surface area (Å²) < 4.78 is 5.12. The van der Waals surface area contributed by atoms with E-state index < -0.39 is 5.97 Å². The molecule has 0 aliphatic heterocycles. The van der Waals surface area contributed by atoms with Crippen LogP contribution < -0.4 is 5.56 Å². The van der Waals surface area contributed by atoms with Crippen LogP contribution in [0.4, 0.5) is 0 Å². The van der Waals surface area contributed by atoms with Gasteiger partial charge < -0.3 is 19.6 Å². The highest BCUT2D eigenvalue weighted by molar-refractivity contribution is 7.98. The predicted molar refractivity (Wildman–Crippen MR) is 75.6 cm³/mol. The van der Waals surface area contributed by atoms with Gasteiger partial charge in [0.15, 0.2) is 5.16 Å². The summed E-state index contributed by atoms with van der Waals surface area (Å²) in [4.78, 5) is 29.4. The first kappa shape index (κ1) is 15.3. The number of hydrogen-bond donors (Lipinski definition) is 3. The van der Waals surface area contributed by atoms with Crippen molar-refractivity contribution in [2.24, 2.45) is 0 Å². The van der Waals surface area contributed by atoms with Crippen LogP contribution in [0.25, 0.3) is 0 Å². The molecule has 0 saturated carbocycles. The number of hydrogen-bond acceptors (Lipinski definition) is 6. The number of carboxylic acids is 1. The number of aromatic amines is 1. The predicted octanol–water partition coefficient (Wildman–Crippen LogP) is 1.20. The summed E-state index contributed by atoms with van der Waals surface area (Å²) in [5.41, 5.74) is 0.763. The third-order valence-electron chi connectivity index (χ3n) is 2.79. The Kier molecular flexibility index (Phi) is 4.81. The number of aromatic carboxylic acids is 1. The van der Waals surface area contributed by atoms with E-state index in [0.29, 0.717) is 27.9 Å². The van der Waals surface area contributed by atoms with Gasteiger partial charge in [-0.25, -0.2) is 9.78 Å². The molecular weight excluding hydrogens is 296 g/mol. The maximum atomic E-state index is 11.8. The van der Waals surface area contributed by atoms with Crippen molar-refractivity contribution in [2.75, 3.05) is 6.61 Å². The molecule has 0 radical (unpaired) electrons. The van der Waals surface area contributed by atoms with Gasteiger partial charge in [-0.05, 0) is 19.1 Å². The Labute approximate surface area is 124 Å². The lowest BCUT2D eigenvalue weighted by Gasteiger charge is -2.05. The monoisotopic (exact) mass is 310 g/mol. The fourth-order valence-electron chi connectivity index (χ4n) is 1.77. The molecule has 3 N–H and O–H groups in total. The number of aryl methyl sites for hydroxylation is 1. The Hall–Kier alpha value is -2.06. The highest BCUT2D eigenvalue weighted by Gasteiger charge is 2.11. The van der Waals surface area contributed by atoms with Gasteiger partial charge in [-0.3, -0.25) is 4.79 Å². The highest BCUT2D eigenvalue weighted by Crippen LogP contribution is 2.20. The van der Waals surface area contributed by atoms with Crippen molar-refractivity contribution < 1.29 is 19.4 Å². The topological polar surface area (TPSA) is 116 Å². The van der Waals surface area contributed by atoms with E-state index in [9.17, 15) is 9.59 Å². The fraction of sp³-hybridized carbons (Fsp3) is 0.308. The Morgan fingerprint density at radius 2 is 2.24 bits per heavy atom. The molecule has 0 aromatic carbocycles.